The monoisotopic (exact) mass is 456 g/mol. The van der Waals surface area contributed by atoms with Gasteiger partial charge in [0.2, 0.25) is 0 Å². The van der Waals surface area contributed by atoms with Crippen molar-refractivity contribution < 1.29 is 9.84 Å². The lowest BCUT2D eigenvalue weighted by atomic mass is 9.89. The molecule has 2 unspecified atom stereocenters. The van der Waals surface area contributed by atoms with Crippen molar-refractivity contribution in [1.82, 2.24) is 9.80 Å². The van der Waals surface area contributed by atoms with Gasteiger partial charge in [-0.3, -0.25) is 9.80 Å². The first-order chi connectivity index (χ1) is 16.8. The second-order valence-electron chi connectivity index (χ2n) is 9.63. The molecule has 2 atom stereocenters. The summed E-state index contributed by atoms with van der Waals surface area (Å²) in [7, 11) is 0. The minimum absolute atomic E-state index is 0.119. The highest BCUT2D eigenvalue weighted by Gasteiger charge is 2.27. The van der Waals surface area contributed by atoms with Gasteiger partial charge in [-0.15, -0.1) is 0 Å². The fourth-order valence-electron chi connectivity index (χ4n) is 5.55. The topological polar surface area (TPSA) is 35.9 Å². The van der Waals surface area contributed by atoms with Gasteiger partial charge < -0.3 is 9.84 Å². The third kappa shape index (κ3) is 5.59. The number of aliphatic hydroxyl groups excluding tert-OH is 1. The summed E-state index contributed by atoms with van der Waals surface area (Å²) in [4.78, 5) is 4.95. The van der Waals surface area contributed by atoms with E-state index in [0.29, 0.717) is 13.2 Å². The van der Waals surface area contributed by atoms with Crippen molar-refractivity contribution in [1.29, 1.82) is 0 Å². The first kappa shape index (κ1) is 23.3. The molecule has 1 N–H and O–H groups in total. The van der Waals surface area contributed by atoms with E-state index in [9.17, 15) is 5.11 Å². The first-order valence-corrected chi connectivity index (χ1v) is 12.7. The van der Waals surface area contributed by atoms with Crippen LogP contribution in [0, 0.1) is 0 Å². The van der Waals surface area contributed by atoms with Crippen LogP contribution in [-0.4, -0.2) is 60.3 Å². The van der Waals surface area contributed by atoms with E-state index >= 15 is 0 Å². The van der Waals surface area contributed by atoms with E-state index in [1.807, 2.05) is 0 Å². The number of fused-ring (bicyclic) bond motifs is 1. The number of rotatable bonds is 8. The van der Waals surface area contributed by atoms with Crippen molar-refractivity contribution in [3.05, 3.63) is 107 Å². The predicted octanol–water partition coefficient (Wildman–Crippen LogP) is 4.85. The minimum atomic E-state index is -0.459. The molecule has 1 aliphatic carbocycles. The van der Waals surface area contributed by atoms with E-state index < -0.39 is 6.10 Å². The number of hydrogen-bond donors (Lipinski definition) is 1. The average Bonchev–Trinajstić information content (AvgIpc) is 2.90. The van der Waals surface area contributed by atoms with E-state index in [1.54, 1.807) is 0 Å². The number of ether oxygens (including phenoxy) is 1. The average molecular weight is 457 g/mol. The molecule has 0 aromatic heterocycles. The fraction of sp³-hybridized carbons (Fsp3) is 0.400. The molecule has 3 aromatic carbocycles. The summed E-state index contributed by atoms with van der Waals surface area (Å²) in [6.07, 6.45) is 3.00. The van der Waals surface area contributed by atoms with Crippen molar-refractivity contribution in [3.63, 3.8) is 0 Å². The molecule has 178 valence electrons. The van der Waals surface area contributed by atoms with Gasteiger partial charge in [-0.25, -0.2) is 0 Å². The van der Waals surface area contributed by atoms with Gasteiger partial charge in [-0.2, -0.15) is 0 Å². The summed E-state index contributed by atoms with van der Waals surface area (Å²) >= 11 is 0. The highest BCUT2D eigenvalue weighted by Crippen LogP contribution is 2.32. The van der Waals surface area contributed by atoms with Crippen molar-refractivity contribution in [2.75, 3.05) is 39.3 Å². The van der Waals surface area contributed by atoms with Crippen molar-refractivity contribution in [2.45, 2.75) is 37.5 Å². The number of nitrogens with zero attached hydrogens (tertiary/aromatic N) is 2. The Morgan fingerprint density at radius 3 is 2.09 bits per heavy atom. The zero-order valence-electron chi connectivity index (χ0n) is 19.9. The van der Waals surface area contributed by atoms with Crippen molar-refractivity contribution in [3.8, 4) is 0 Å². The molecule has 0 saturated carbocycles. The molecule has 0 radical (unpaired) electrons. The lowest BCUT2D eigenvalue weighted by Gasteiger charge is -2.40. The number of aryl methyl sites for hydroxylation is 1. The summed E-state index contributed by atoms with van der Waals surface area (Å²) in [6, 6.07) is 30.5. The first-order valence-electron chi connectivity index (χ1n) is 12.7. The standard InChI is InChI=1S/C30H36N2O2/c33-27(23-34-29-17-9-15-24-10-7-8-16-28(24)29)22-31-18-20-32(21-19-31)30(25-11-3-1-4-12-25)26-13-5-2-6-14-26/h1-8,10-14,16,27,29-30,33H,9,15,17-23H2. The maximum absolute atomic E-state index is 10.7. The number of hydrogen-bond acceptors (Lipinski definition) is 4. The Kier molecular flexibility index (Phi) is 7.72. The normalized spacial score (nSPS) is 20.2. The largest absolute Gasteiger partial charge is 0.389 e. The van der Waals surface area contributed by atoms with Gasteiger partial charge in [0.05, 0.1) is 24.9 Å². The molecule has 5 rings (SSSR count). The van der Waals surface area contributed by atoms with Gasteiger partial charge in [-0.05, 0) is 41.5 Å². The number of benzene rings is 3. The zero-order chi connectivity index (χ0) is 23.2. The van der Waals surface area contributed by atoms with Crippen LogP contribution in [0.4, 0.5) is 0 Å². The molecule has 0 amide bonds. The van der Waals surface area contributed by atoms with Gasteiger partial charge in [-0.1, -0.05) is 84.9 Å². The summed E-state index contributed by atoms with van der Waals surface area (Å²) in [5.41, 5.74) is 5.38. The van der Waals surface area contributed by atoms with E-state index in [0.717, 1.165) is 45.4 Å². The Hall–Kier alpha value is -2.50. The zero-order valence-corrected chi connectivity index (χ0v) is 19.9. The Balaban J connectivity index is 1.14. The van der Waals surface area contributed by atoms with Crippen LogP contribution in [0.25, 0.3) is 0 Å². The second-order valence-corrected chi connectivity index (χ2v) is 9.63. The molecule has 1 saturated heterocycles. The number of aliphatic hydroxyl groups is 1. The molecule has 4 nitrogen and oxygen atoms in total. The van der Waals surface area contributed by atoms with Gasteiger partial charge in [0.1, 0.15) is 0 Å². The molecule has 34 heavy (non-hydrogen) atoms. The summed E-state index contributed by atoms with van der Waals surface area (Å²) in [6.45, 7) is 4.95. The van der Waals surface area contributed by atoms with E-state index in [4.69, 9.17) is 4.74 Å². The minimum Gasteiger partial charge on any atom is -0.389 e. The Morgan fingerprint density at radius 1 is 0.794 bits per heavy atom. The highest BCUT2D eigenvalue weighted by molar-refractivity contribution is 5.32. The molecule has 2 aliphatic rings. The summed E-state index contributed by atoms with van der Waals surface area (Å²) in [5.74, 6) is 0. The predicted molar refractivity (Wildman–Crippen MR) is 137 cm³/mol. The lowest BCUT2D eigenvalue weighted by Crippen LogP contribution is -2.50. The van der Waals surface area contributed by atoms with Gasteiger partial charge >= 0.3 is 0 Å². The van der Waals surface area contributed by atoms with E-state index in [1.165, 1.54) is 22.3 Å². The van der Waals surface area contributed by atoms with E-state index in [2.05, 4.69) is 94.7 Å². The molecule has 1 fully saturated rings. The molecule has 0 bridgehead atoms. The molecule has 1 aliphatic heterocycles. The quantitative estimate of drug-likeness (QED) is 0.526. The van der Waals surface area contributed by atoms with Crippen LogP contribution in [-0.2, 0) is 11.2 Å². The molecule has 1 heterocycles. The molecular weight excluding hydrogens is 420 g/mol. The van der Waals surface area contributed by atoms with Gasteiger partial charge in [0.15, 0.2) is 0 Å². The maximum atomic E-state index is 10.7. The maximum Gasteiger partial charge on any atom is 0.0900 e. The van der Waals surface area contributed by atoms with Gasteiger partial charge in [0.25, 0.3) is 0 Å². The van der Waals surface area contributed by atoms with Crippen LogP contribution in [0.2, 0.25) is 0 Å². The van der Waals surface area contributed by atoms with Crippen molar-refractivity contribution in [2.24, 2.45) is 0 Å². The Bertz CT molecular complexity index is 979. The van der Waals surface area contributed by atoms with Gasteiger partial charge in [0, 0.05) is 32.7 Å². The van der Waals surface area contributed by atoms with Crippen LogP contribution < -0.4 is 0 Å². The third-order valence-corrected chi connectivity index (χ3v) is 7.28. The van der Waals surface area contributed by atoms with Crippen molar-refractivity contribution >= 4 is 0 Å². The smallest absolute Gasteiger partial charge is 0.0900 e. The fourth-order valence-corrected chi connectivity index (χ4v) is 5.55. The summed E-state index contributed by atoms with van der Waals surface area (Å²) in [5, 5.41) is 10.7. The number of piperazine rings is 1. The van der Waals surface area contributed by atoms with Crippen LogP contribution >= 0.6 is 0 Å². The molecule has 0 spiro atoms. The molecular formula is C30H36N2O2. The Labute approximate surface area is 203 Å². The van der Waals surface area contributed by atoms with Crippen LogP contribution in [0.5, 0.6) is 0 Å². The molecule has 4 heteroatoms. The molecule has 3 aromatic rings. The van der Waals surface area contributed by atoms with E-state index in [-0.39, 0.29) is 12.1 Å². The van der Waals surface area contributed by atoms with Crippen LogP contribution in [0.1, 0.15) is 47.2 Å². The van der Waals surface area contributed by atoms with Crippen LogP contribution in [0.15, 0.2) is 84.9 Å². The third-order valence-electron chi connectivity index (χ3n) is 7.28. The SMILES string of the molecule is OC(COC1CCCc2ccccc21)CN1CCN(C(c2ccccc2)c2ccccc2)CC1. The second kappa shape index (κ2) is 11.3. The van der Waals surface area contributed by atoms with Crippen LogP contribution in [0.3, 0.4) is 0 Å². The lowest BCUT2D eigenvalue weighted by molar-refractivity contribution is -0.0331. The summed E-state index contributed by atoms with van der Waals surface area (Å²) < 4.78 is 6.20. The highest BCUT2D eigenvalue weighted by atomic mass is 16.5. The Morgan fingerprint density at radius 2 is 1.41 bits per heavy atom. The number of β-amino-alcohol motifs (C(OH)–C–C–N with tert-alkyl or cyclic N) is 1.